The second-order valence-corrected chi connectivity index (χ2v) is 7.84. The fourth-order valence-corrected chi connectivity index (χ4v) is 4.25. The maximum atomic E-state index is 13.3. The lowest BCUT2D eigenvalue weighted by Crippen LogP contribution is -2.29. The zero-order chi connectivity index (χ0) is 21.2. The van der Waals surface area contributed by atoms with Crippen molar-refractivity contribution in [2.45, 2.75) is 18.6 Å². The molecule has 1 N–H and O–H groups in total. The van der Waals surface area contributed by atoms with Gasteiger partial charge in [0.1, 0.15) is 23.4 Å². The molecular formula is C25H20FN3OS. The molecule has 6 heteroatoms. The van der Waals surface area contributed by atoms with Crippen molar-refractivity contribution >= 4 is 17.3 Å². The highest BCUT2D eigenvalue weighted by Crippen LogP contribution is 2.41. The van der Waals surface area contributed by atoms with E-state index in [1.165, 1.54) is 12.1 Å². The predicted octanol–water partition coefficient (Wildman–Crippen LogP) is 5.65. The first-order valence-electron chi connectivity index (χ1n) is 10.1. The van der Waals surface area contributed by atoms with Crippen LogP contribution in [0.3, 0.4) is 0 Å². The maximum Gasteiger partial charge on any atom is 0.170 e. The maximum absolute atomic E-state index is 13.3. The summed E-state index contributed by atoms with van der Waals surface area (Å²) in [4.78, 5) is 6.69. The van der Waals surface area contributed by atoms with Gasteiger partial charge < -0.3 is 14.6 Å². The van der Waals surface area contributed by atoms with Crippen LogP contribution in [0.1, 0.15) is 29.1 Å². The number of benzene rings is 2. The van der Waals surface area contributed by atoms with Crippen LogP contribution >= 0.6 is 12.2 Å². The Bertz CT molecular complexity index is 1180. The normalized spacial score (nSPS) is 18.2. The molecule has 0 aliphatic carbocycles. The number of halogens is 1. The van der Waals surface area contributed by atoms with Gasteiger partial charge in [-0.3, -0.25) is 4.98 Å². The van der Waals surface area contributed by atoms with Crippen LogP contribution in [0.25, 0.3) is 11.3 Å². The summed E-state index contributed by atoms with van der Waals surface area (Å²) in [5.74, 6) is 1.19. The first-order valence-corrected chi connectivity index (χ1v) is 10.5. The quantitative estimate of drug-likeness (QED) is 0.415. The molecule has 2 aromatic carbocycles. The lowest BCUT2D eigenvalue weighted by atomic mass is 10.0. The van der Waals surface area contributed by atoms with Gasteiger partial charge in [-0.1, -0.05) is 36.4 Å². The first kappa shape index (κ1) is 19.5. The van der Waals surface area contributed by atoms with Gasteiger partial charge in [-0.05, 0) is 66.3 Å². The molecule has 3 heterocycles. The van der Waals surface area contributed by atoms with Gasteiger partial charge in [0.05, 0.1) is 11.7 Å². The monoisotopic (exact) mass is 429 g/mol. The van der Waals surface area contributed by atoms with E-state index >= 15 is 0 Å². The molecule has 1 saturated heterocycles. The number of nitrogens with zero attached hydrogens (tertiary/aromatic N) is 2. The number of pyridine rings is 1. The third kappa shape index (κ3) is 3.94. The summed E-state index contributed by atoms with van der Waals surface area (Å²) in [5, 5.41) is 4.09. The molecule has 1 aliphatic heterocycles. The van der Waals surface area contributed by atoms with Gasteiger partial charge in [0.2, 0.25) is 0 Å². The minimum absolute atomic E-state index is 0.148. The van der Waals surface area contributed by atoms with E-state index in [-0.39, 0.29) is 17.9 Å². The van der Waals surface area contributed by atoms with E-state index in [1.54, 1.807) is 18.3 Å². The molecule has 4 aromatic rings. The first-order chi connectivity index (χ1) is 15.2. The summed E-state index contributed by atoms with van der Waals surface area (Å²) in [6.45, 7) is 0.646. The third-order valence-electron chi connectivity index (χ3n) is 5.44. The van der Waals surface area contributed by atoms with E-state index in [4.69, 9.17) is 16.6 Å². The Labute approximate surface area is 185 Å². The molecule has 2 atom stereocenters. The number of hydrogen-bond acceptors (Lipinski definition) is 3. The van der Waals surface area contributed by atoms with Crippen LogP contribution in [-0.4, -0.2) is 15.0 Å². The van der Waals surface area contributed by atoms with Crippen LogP contribution in [-0.2, 0) is 6.54 Å². The van der Waals surface area contributed by atoms with Crippen molar-refractivity contribution in [2.75, 3.05) is 0 Å². The SMILES string of the molecule is Fc1ccc(-c2ccc([C@H]3[C@H](c4ccccn4)NC(=S)N3Cc3ccccc3)o2)cc1. The van der Waals surface area contributed by atoms with E-state index in [2.05, 4.69) is 27.3 Å². The van der Waals surface area contributed by atoms with Crippen molar-refractivity contribution in [2.24, 2.45) is 0 Å². The Morgan fingerprint density at radius 3 is 2.45 bits per heavy atom. The van der Waals surface area contributed by atoms with Crippen molar-refractivity contribution in [1.82, 2.24) is 15.2 Å². The second-order valence-electron chi connectivity index (χ2n) is 7.45. The highest BCUT2D eigenvalue weighted by atomic mass is 32.1. The Balaban J connectivity index is 1.53. The second kappa shape index (κ2) is 8.32. The van der Waals surface area contributed by atoms with Gasteiger partial charge in [0.25, 0.3) is 0 Å². The van der Waals surface area contributed by atoms with E-state index < -0.39 is 0 Å². The van der Waals surface area contributed by atoms with Crippen LogP contribution in [0, 0.1) is 5.82 Å². The molecule has 4 nitrogen and oxygen atoms in total. The van der Waals surface area contributed by atoms with E-state index in [0.29, 0.717) is 17.4 Å². The summed E-state index contributed by atoms with van der Waals surface area (Å²) < 4.78 is 19.6. The molecular weight excluding hydrogens is 409 g/mol. The number of nitrogens with one attached hydrogen (secondary N) is 1. The van der Waals surface area contributed by atoms with Crippen molar-refractivity contribution < 1.29 is 8.81 Å². The van der Waals surface area contributed by atoms with Crippen LogP contribution in [0.15, 0.2) is 95.5 Å². The number of furan rings is 1. The standard InChI is InChI=1S/C25H20FN3OS/c26-19-11-9-18(10-12-19)21-13-14-22(30-21)24-23(20-8-4-5-15-27-20)28-25(31)29(24)16-17-6-2-1-3-7-17/h1-15,23-24H,16H2,(H,28,31)/t23-,24-/m0/s1. The fraction of sp³-hybridized carbons (Fsp3) is 0.120. The van der Waals surface area contributed by atoms with Gasteiger partial charge >= 0.3 is 0 Å². The third-order valence-corrected chi connectivity index (χ3v) is 5.79. The van der Waals surface area contributed by atoms with Crippen LogP contribution in [0.5, 0.6) is 0 Å². The molecule has 154 valence electrons. The van der Waals surface area contributed by atoms with Gasteiger partial charge in [0, 0.05) is 18.3 Å². The van der Waals surface area contributed by atoms with Crippen molar-refractivity contribution in [1.29, 1.82) is 0 Å². The number of aromatic nitrogens is 1. The summed E-state index contributed by atoms with van der Waals surface area (Å²) in [5.41, 5.74) is 2.87. The van der Waals surface area contributed by atoms with Gasteiger partial charge in [0.15, 0.2) is 5.11 Å². The molecule has 0 radical (unpaired) electrons. The van der Waals surface area contributed by atoms with Crippen molar-refractivity contribution in [3.8, 4) is 11.3 Å². The van der Waals surface area contributed by atoms with E-state index in [9.17, 15) is 4.39 Å². The van der Waals surface area contributed by atoms with Crippen LogP contribution in [0.4, 0.5) is 4.39 Å². The molecule has 5 rings (SSSR count). The van der Waals surface area contributed by atoms with Crippen molar-refractivity contribution in [3.63, 3.8) is 0 Å². The Morgan fingerprint density at radius 2 is 1.71 bits per heavy atom. The lowest BCUT2D eigenvalue weighted by Gasteiger charge is -2.26. The summed E-state index contributed by atoms with van der Waals surface area (Å²) >= 11 is 5.71. The average Bonchev–Trinajstić information content (AvgIpc) is 3.41. The molecule has 31 heavy (non-hydrogen) atoms. The highest BCUT2D eigenvalue weighted by Gasteiger charge is 2.41. The Hall–Kier alpha value is -3.51. The largest absolute Gasteiger partial charge is 0.459 e. The van der Waals surface area contributed by atoms with E-state index in [0.717, 1.165) is 22.6 Å². The zero-order valence-corrected chi connectivity index (χ0v) is 17.4. The summed E-state index contributed by atoms with van der Waals surface area (Å²) in [7, 11) is 0. The summed E-state index contributed by atoms with van der Waals surface area (Å²) in [6.07, 6.45) is 1.78. The molecule has 0 spiro atoms. The van der Waals surface area contributed by atoms with Gasteiger partial charge in [-0.2, -0.15) is 0 Å². The molecule has 1 aliphatic rings. The van der Waals surface area contributed by atoms with Crippen LogP contribution in [0.2, 0.25) is 0 Å². The summed E-state index contributed by atoms with van der Waals surface area (Å²) in [6, 6.07) is 25.9. The minimum Gasteiger partial charge on any atom is -0.459 e. The minimum atomic E-state index is -0.273. The number of hydrogen-bond donors (Lipinski definition) is 1. The predicted molar refractivity (Wildman–Crippen MR) is 122 cm³/mol. The molecule has 0 amide bonds. The molecule has 2 aromatic heterocycles. The lowest BCUT2D eigenvalue weighted by molar-refractivity contribution is 0.269. The Morgan fingerprint density at radius 1 is 0.935 bits per heavy atom. The smallest absolute Gasteiger partial charge is 0.170 e. The van der Waals surface area contributed by atoms with E-state index in [1.807, 2.05) is 48.5 Å². The topological polar surface area (TPSA) is 41.3 Å². The zero-order valence-electron chi connectivity index (χ0n) is 16.6. The number of thiocarbonyl (C=S) groups is 1. The van der Waals surface area contributed by atoms with Gasteiger partial charge in [-0.25, -0.2) is 4.39 Å². The molecule has 1 fully saturated rings. The van der Waals surface area contributed by atoms with Crippen molar-refractivity contribution in [3.05, 3.63) is 114 Å². The molecule has 0 bridgehead atoms. The highest BCUT2D eigenvalue weighted by molar-refractivity contribution is 7.80. The number of rotatable bonds is 5. The van der Waals surface area contributed by atoms with Crippen LogP contribution < -0.4 is 5.32 Å². The fourth-order valence-electron chi connectivity index (χ4n) is 3.95. The molecule has 0 unspecified atom stereocenters. The Kier molecular flexibility index (Phi) is 5.22. The van der Waals surface area contributed by atoms with Gasteiger partial charge in [-0.15, -0.1) is 0 Å². The molecule has 0 saturated carbocycles. The average molecular weight is 430 g/mol.